The molecule has 0 fully saturated rings. The predicted molar refractivity (Wildman–Crippen MR) is 60.3 cm³/mol. The molecule has 2 aromatic heterocycles. The number of nitrogens with one attached hydrogen (secondary N) is 2. The third-order valence-electron chi connectivity index (χ3n) is 2.46. The van der Waals surface area contributed by atoms with Crippen molar-refractivity contribution in [3.05, 3.63) is 36.5 Å². The van der Waals surface area contributed by atoms with Crippen LogP contribution in [0.2, 0.25) is 0 Å². The Morgan fingerprint density at radius 2 is 2.07 bits per heavy atom. The monoisotopic (exact) mass is 198 g/mol. The summed E-state index contributed by atoms with van der Waals surface area (Å²) in [6, 6.07) is 9.94. The lowest BCUT2D eigenvalue weighted by Crippen LogP contribution is -1.81. The molecule has 0 atom stereocenters. The van der Waals surface area contributed by atoms with E-state index in [-0.39, 0.29) is 0 Å². The molecule has 4 nitrogen and oxygen atoms in total. The fourth-order valence-corrected chi connectivity index (χ4v) is 1.76. The van der Waals surface area contributed by atoms with E-state index >= 15 is 0 Å². The molecule has 15 heavy (non-hydrogen) atoms. The standard InChI is InChI=1S/C11H10N4/c12-11-5-10(14-15-11)8-6-13-9-4-2-1-3-7(8)9/h1-6,13H,(H3,12,14,15). The summed E-state index contributed by atoms with van der Waals surface area (Å²) in [6.45, 7) is 0. The lowest BCUT2D eigenvalue weighted by atomic mass is 10.1. The van der Waals surface area contributed by atoms with E-state index in [1.165, 1.54) is 0 Å². The predicted octanol–water partition coefficient (Wildman–Crippen LogP) is 2.14. The van der Waals surface area contributed by atoms with Gasteiger partial charge < -0.3 is 10.7 Å². The van der Waals surface area contributed by atoms with Crippen molar-refractivity contribution in [3.63, 3.8) is 0 Å². The van der Waals surface area contributed by atoms with E-state index < -0.39 is 0 Å². The molecule has 0 saturated carbocycles. The summed E-state index contributed by atoms with van der Waals surface area (Å²) in [5.74, 6) is 0.579. The highest BCUT2D eigenvalue weighted by molar-refractivity contribution is 5.94. The van der Waals surface area contributed by atoms with Crippen molar-refractivity contribution in [1.82, 2.24) is 15.2 Å². The average Bonchev–Trinajstić information content (AvgIpc) is 2.83. The van der Waals surface area contributed by atoms with Crippen LogP contribution in [0.25, 0.3) is 22.2 Å². The summed E-state index contributed by atoms with van der Waals surface area (Å²) < 4.78 is 0. The van der Waals surface area contributed by atoms with Crippen LogP contribution in [-0.4, -0.2) is 15.2 Å². The summed E-state index contributed by atoms with van der Waals surface area (Å²) in [5, 5.41) is 8.03. The quantitative estimate of drug-likeness (QED) is 0.560. The largest absolute Gasteiger partial charge is 0.384 e. The second-order valence-electron chi connectivity index (χ2n) is 3.46. The van der Waals surface area contributed by atoms with Crippen LogP contribution in [0.15, 0.2) is 36.5 Å². The highest BCUT2D eigenvalue weighted by atomic mass is 15.2. The first-order valence-corrected chi connectivity index (χ1v) is 4.72. The SMILES string of the molecule is Nc1cc(-c2c[nH]c3ccccc23)n[nH]1. The molecule has 0 unspecified atom stereocenters. The van der Waals surface area contributed by atoms with Gasteiger partial charge in [0.1, 0.15) is 5.82 Å². The Morgan fingerprint density at radius 1 is 1.20 bits per heavy atom. The van der Waals surface area contributed by atoms with E-state index in [1.807, 2.05) is 30.5 Å². The van der Waals surface area contributed by atoms with Crippen molar-refractivity contribution in [1.29, 1.82) is 0 Å². The number of benzene rings is 1. The van der Waals surface area contributed by atoms with Gasteiger partial charge in [0.25, 0.3) is 0 Å². The van der Waals surface area contributed by atoms with Gasteiger partial charge in [-0.15, -0.1) is 0 Å². The van der Waals surface area contributed by atoms with Crippen molar-refractivity contribution in [3.8, 4) is 11.3 Å². The molecule has 0 spiro atoms. The fraction of sp³-hybridized carbons (Fsp3) is 0. The van der Waals surface area contributed by atoms with E-state index in [0.717, 1.165) is 22.2 Å². The molecule has 0 amide bonds. The number of nitrogens with zero attached hydrogens (tertiary/aromatic N) is 1. The molecule has 0 aliphatic rings. The van der Waals surface area contributed by atoms with E-state index in [4.69, 9.17) is 5.73 Å². The molecule has 0 radical (unpaired) electrons. The maximum Gasteiger partial charge on any atom is 0.119 e. The topological polar surface area (TPSA) is 70.5 Å². The molecule has 4 heteroatoms. The molecule has 3 rings (SSSR count). The number of aromatic nitrogens is 3. The van der Waals surface area contributed by atoms with Gasteiger partial charge in [-0.25, -0.2) is 0 Å². The van der Waals surface area contributed by atoms with Crippen LogP contribution in [-0.2, 0) is 0 Å². The number of hydrogen-bond donors (Lipinski definition) is 3. The summed E-state index contributed by atoms with van der Waals surface area (Å²) in [4.78, 5) is 3.20. The number of fused-ring (bicyclic) bond motifs is 1. The summed E-state index contributed by atoms with van der Waals surface area (Å²) in [5.41, 5.74) is 8.64. The lowest BCUT2D eigenvalue weighted by molar-refractivity contribution is 1.10. The number of nitrogens with two attached hydrogens (primary N) is 1. The summed E-state index contributed by atoms with van der Waals surface area (Å²) in [7, 11) is 0. The van der Waals surface area contributed by atoms with Crippen molar-refractivity contribution in [2.75, 3.05) is 5.73 Å². The van der Waals surface area contributed by atoms with Crippen LogP contribution in [0.4, 0.5) is 5.82 Å². The molecule has 4 N–H and O–H groups in total. The van der Waals surface area contributed by atoms with Crippen LogP contribution >= 0.6 is 0 Å². The van der Waals surface area contributed by atoms with Crippen LogP contribution in [0.3, 0.4) is 0 Å². The van der Waals surface area contributed by atoms with Gasteiger partial charge in [-0.2, -0.15) is 5.10 Å². The van der Waals surface area contributed by atoms with E-state index in [9.17, 15) is 0 Å². The number of nitrogen functional groups attached to an aromatic ring is 1. The highest BCUT2D eigenvalue weighted by Gasteiger charge is 2.07. The molecule has 0 aliphatic heterocycles. The van der Waals surface area contributed by atoms with Gasteiger partial charge in [-0.05, 0) is 6.07 Å². The van der Waals surface area contributed by atoms with Crippen LogP contribution < -0.4 is 5.73 Å². The Morgan fingerprint density at radius 3 is 2.87 bits per heavy atom. The first kappa shape index (κ1) is 8.11. The van der Waals surface area contributed by atoms with Gasteiger partial charge >= 0.3 is 0 Å². The molecule has 2 heterocycles. The van der Waals surface area contributed by atoms with Crippen molar-refractivity contribution >= 4 is 16.7 Å². The Hall–Kier alpha value is -2.23. The summed E-state index contributed by atoms with van der Waals surface area (Å²) in [6.07, 6.45) is 1.94. The normalized spacial score (nSPS) is 10.9. The van der Waals surface area contributed by atoms with E-state index in [2.05, 4.69) is 21.2 Å². The number of anilines is 1. The Bertz CT molecular complexity index is 606. The zero-order chi connectivity index (χ0) is 10.3. The van der Waals surface area contributed by atoms with Crippen molar-refractivity contribution < 1.29 is 0 Å². The lowest BCUT2D eigenvalue weighted by Gasteiger charge is -1.92. The minimum atomic E-state index is 0.579. The molecule has 3 aromatic rings. The van der Waals surface area contributed by atoms with Gasteiger partial charge in [0.05, 0.1) is 5.69 Å². The Labute approximate surface area is 86.1 Å². The van der Waals surface area contributed by atoms with E-state index in [0.29, 0.717) is 5.82 Å². The number of H-pyrrole nitrogens is 2. The maximum absolute atomic E-state index is 5.60. The van der Waals surface area contributed by atoms with Gasteiger partial charge in [0.2, 0.25) is 0 Å². The van der Waals surface area contributed by atoms with Crippen molar-refractivity contribution in [2.24, 2.45) is 0 Å². The molecule has 0 bridgehead atoms. The second kappa shape index (κ2) is 2.88. The van der Waals surface area contributed by atoms with Gasteiger partial charge in [-0.1, -0.05) is 18.2 Å². The zero-order valence-corrected chi connectivity index (χ0v) is 7.99. The minimum absolute atomic E-state index is 0.579. The zero-order valence-electron chi connectivity index (χ0n) is 7.99. The van der Waals surface area contributed by atoms with Crippen LogP contribution in [0.1, 0.15) is 0 Å². The molecular formula is C11H10N4. The first-order valence-electron chi connectivity index (χ1n) is 4.72. The van der Waals surface area contributed by atoms with Crippen LogP contribution in [0, 0.1) is 0 Å². The fourth-order valence-electron chi connectivity index (χ4n) is 1.76. The Kier molecular flexibility index (Phi) is 1.56. The molecular weight excluding hydrogens is 188 g/mol. The third kappa shape index (κ3) is 1.19. The first-order chi connectivity index (χ1) is 7.34. The highest BCUT2D eigenvalue weighted by Crippen LogP contribution is 2.27. The second-order valence-corrected chi connectivity index (χ2v) is 3.46. The number of hydrogen-bond acceptors (Lipinski definition) is 2. The molecule has 0 saturated heterocycles. The number of para-hydroxylation sites is 1. The van der Waals surface area contributed by atoms with Gasteiger partial charge in [0, 0.05) is 28.7 Å². The van der Waals surface area contributed by atoms with Crippen molar-refractivity contribution in [2.45, 2.75) is 0 Å². The molecule has 0 aliphatic carbocycles. The Balaban J connectivity index is 2.27. The molecule has 1 aromatic carbocycles. The van der Waals surface area contributed by atoms with Gasteiger partial charge in [0.15, 0.2) is 0 Å². The van der Waals surface area contributed by atoms with Crippen LogP contribution in [0.5, 0.6) is 0 Å². The minimum Gasteiger partial charge on any atom is -0.384 e. The number of aromatic amines is 2. The molecule has 74 valence electrons. The summed E-state index contributed by atoms with van der Waals surface area (Å²) >= 11 is 0. The smallest absolute Gasteiger partial charge is 0.119 e. The van der Waals surface area contributed by atoms with E-state index in [1.54, 1.807) is 0 Å². The number of rotatable bonds is 1. The third-order valence-corrected chi connectivity index (χ3v) is 2.46. The van der Waals surface area contributed by atoms with Gasteiger partial charge in [-0.3, -0.25) is 5.10 Å². The maximum atomic E-state index is 5.60. The average molecular weight is 198 g/mol.